The lowest BCUT2D eigenvalue weighted by molar-refractivity contribution is 0.0762. The van der Waals surface area contributed by atoms with Crippen molar-refractivity contribution >= 4 is 0 Å². The highest BCUT2D eigenvalue weighted by Crippen LogP contribution is 2.17. The summed E-state index contributed by atoms with van der Waals surface area (Å²) in [6.45, 7) is 8.22. The Bertz CT molecular complexity index is 299. The first-order valence-electron chi connectivity index (χ1n) is 5.47. The molecule has 1 rings (SSSR count). The maximum atomic E-state index is 9.57. The monoisotopic (exact) mass is 211 g/mol. The van der Waals surface area contributed by atoms with Gasteiger partial charge in [-0.2, -0.15) is 0 Å². The first-order valence-corrected chi connectivity index (χ1v) is 5.47. The van der Waals surface area contributed by atoms with Crippen LogP contribution in [0.2, 0.25) is 0 Å². The van der Waals surface area contributed by atoms with Crippen LogP contribution in [-0.2, 0) is 6.42 Å². The number of furan rings is 1. The number of rotatable bonds is 5. The minimum Gasteiger partial charge on any atom is -0.464 e. The van der Waals surface area contributed by atoms with Crippen molar-refractivity contribution < 1.29 is 9.52 Å². The predicted molar refractivity (Wildman–Crippen MR) is 60.8 cm³/mol. The zero-order valence-corrected chi connectivity index (χ0v) is 10.0. The average Bonchev–Trinajstić information content (AvgIpc) is 2.61. The van der Waals surface area contributed by atoms with Gasteiger partial charge in [0, 0.05) is 13.0 Å². The molecule has 0 aliphatic carbocycles. The van der Waals surface area contributed by atoms with Crippen LogP contribution in [0.5, 0.6) is 0 Å². The average molecular weight is 211 g/mol. The molecule has 0 aliphatic rings. The molecule has 15 heavy (non-hydrogen) atoms. The van der Waals surface area contributed by atoms with E-state index < -0.39 is 5.60 Å². The number of aryl methyl sites for hydroxylation is 1. The molecule has 0 bridgehead atoms. The second kappa shape index (κ2) is 4.81. The number of hydrogen-bond acceptors (Lipinski definition) is 3. The third-order valence-electron chi connectivity index (χ3n) is 2.30. The molecule has 3 nitrogen and oxygen atoms in total. The van der Waals surface area contributed by atoms with Crippen LogP contribution in [-0.4, -0.2) is 17.3 Å². The van der Waals surface area contributed by atoms with Gasteiger partial charge in [-0.15, -0.1) is 0 Å². The van der Waals surface area contributed by atoms with Gasteiger partial charge < -0.3 is 14.8 Å². The van der Waals surface area contributed by atoms with Crippen LogP contribution in [0.15, 0.2) is 16.5 Å². The van der Waals surface area contributed by atoms with Crippen LogP contribution in [0.1, 0.15) is 45.3 Å². The standard InChI is InChI=1S/C12H21NO2/c1-5-10-6-7-11(15-10)9(2)13-8-12(3,4)14/h6-7,9,13-14H,5,8H2,1-4H3. The van der Waals surface area contributed by atoms with Crippen LogP contribution >= 0.6 is 0 Å². The van der Waals surface area contributed by atoms with E-state index in [4.69, 9.17) is 4.42 Å². The molecule has 0 amide bonds. The fourth-order valence-electron chi connectivity index (χ4n) is 1.32. The topological polar surface area (TPSA) is 45.4 Å². The van der Waals surface area contributed by atoms with Gasteiger partial charge in [-0.05, 0) is 32.9 Å². The molecular weight excluding hydrogens is 190 g/mol. The zero-order valence-electron chi connectivity index (χ0n) is 10.0. The fourth-order valence-corrected chi connectivity index (χ4v) is 1.32. The second-order valence-corrected chi connectivity index (χ2v) is 4.57. The van der Waals surface area contributed by atoms with Crippen molar-refractivity contribution in [3.63, 3.8) is 0 Å². The lowest BCUT2D eigenvalue weighted by Gasteiger charge is -2.20. The summed E-state index contributed by atoms with van der Waals surface area (Å²) in [7, 11) is 0. The van der Waals surface area contributed by atoms with Gasteiger partial charge in [-0.25, -0.2) is 0 Å². The summed E-state index contributed by atoms with van der Waals surface area (Å²) >= 11 is 0. The van der Waals surface area contributed by atoms with Gasteiger partial charge in [0.15, 0.2) is 0 Å². The Hall–Kier alpha value is -0.800. The molecule has 1 unspecified atom stereocenters. The van der Waals surface area contributed by atoms with Crippen LogP contribution < -0.4 is 5.32 Å². The van der Waals surface area contributed by atoms with Gasteiger partial charge in [0.1, 0.15) is 11.5 Å². The molecule has 0 fully saturated rings. The Morgan fingerprint density at radius 3 is 2.60 bits per heavy atom. The van der Waals surface area contributed by atoms with Crippen molar-refractivity contribution in [1.29, 1.82) is 0 Å². The summed E-state index contributed by atoms with van der Waals surface area (Å²) in [4.78, 5) is 0. The van der Waals surface area contributed by atoms with E-state index in [0.717, 1.165) is 17.9 Å². The van der Waals surface area contributed by atoms with E-state index in [2.05, 4.69) is 12.2 Å². The molecule has 0 aliphatic heterocycles. The van der Waals surface area contributed by atoms with Crippen molar-refractivity contribution in [3.05, 3.63) is 23.7 Å². The van der Waals surface area contributed by atoms with Crippen molar-refractivity contribution in [2.75, 3.05) is 6.54 Å². The maximum Gasteiger partial charge on any atom is 0.120 e. The van der Waals surface area contributed by atoms with E-state index in [9.17, 15) is 5.11 Å². The molecule has 2 N–H and O–H groups in total. The first-order chi connectivity index (χ1) is 6.92. The minimum absolute atomic E-state index is 0.136. The van der Waals surface area contributed by atoms with Gasteiger partial charge in [0.25, 0.3) is 0 Å². The van der Waals surface area contributed by atoms with Gasteiger partial charge in [-0.1, -0.05) is 6.92 Å². The van der Waals surface area contributed by atoms with Crippen molar-refractivity contribution in [2.24, 2.45) is 0 Å². The van der Waals surface area contributed by atoms with E-state index in [-0.39, 0.29) is 6.04 Å². The fraction of sp³-hybridized carbons (Fsp3) is 0.667. The Morgan fingerprint density at radius 1 is 1.47 bits per heavy atom. The molecule has 0 radical (unpaired) electrons. The van der Waals surface area contributed by atoms with E-state index >= 15 is 0 Å². The summed E-state index contributed by atoms with van der Waals surface area (Å²) < 4.78 is 5.62. The van der Waals surface area contributed by atoms with Crippen molar-refractivity contribution in [1.82, 2.24) is 5.32 Å². The number of hydrogen-bond donors (Lipinski definition) is 2. The zero-order chi connectivity index (χ0) is 11.5. The Balaban J connectivity index is 2.50. The van der Waals surface area contributed by atoms with Gasteiger partial charge in [-0.3, -0.25) is 0 Å². The molecule has 1 heterocycles. The van der Waals surface area contributed by atoms with E-state index in [0.29, 0.717) is 6.54 Å². The minimum atomic E-state index is -0.686. The van der Waals surface area contributed by atoms with Crippen molar-refractivity contribution in [2.45, 2.75) is 45.8 Å². The molecule has 0 saturated heterocycles. The smallest absolute Gasteiger partial charge is 0.120 e. The molecule has 1 aromatic heterocycles. The number of nitrogens with one attached hydrogen (secondary N) is 1. The lowest BCUT2D eigenvalue weighted by Crippen LogP contribution is -2.35. The molecule has 1 aromatic rings. The van der Waals surface area contributed by atoms with E-state index in [1.165, 1.54) is 0 Å². The van der Waals surface area contributed by atoms with Crippen LogP contribution in [0.3, 0.4) is 0 Å². The number of aliphatic hydroxyl groups is 1. The highest BCUT2D eigenvalue weighted by Gasteiger charge is 2.16. The highest BCUT2D eigenvalue weighted by atomic mass is 16.3. The van der Waals surface area contributed by atoms with Gasteiger partial charge in [0.2, 0.25) is 0 Å². The Morgan fingerprint density at radius 2 is 2.13 bits per heavy atom. The van der Waals surface area contributed by atoms with Crippen LogP contribution in [0.4, 0.5) is 0 Å². The third-order valence-corrected chi connectivity index (χ3v) is 2.30. The summed E-state index contributed by atoms with van der Waals surface area (Å²) in [5.41, 5.74) is -0.686. The molecule has 0 spiro atoms. The highest BCUT2D eigenvalue weighted by molar-refractivity contribution is 5.10. The van der Waals surface area contributed by atoms with Crippen LogP contribution in [0, 0.1) is 0 Å². The van der Waals surface area contributed by atoms with Gasteiger partial charge in [0.05, 0.1) is 11.6 Å². The molecular formula is C12H21NO2. The Labute approximate surface area is 91.5 Å². The molecule has 3 heteroatoms. The molecule has 0 aromatic carbocycles. The normalized spacial score (nSPS) is 14.2. The largest absolute Gasteiger partial charge is 0.464 e. The van der Waals surface area contributed by atoms with E-state index in [1.807, 2.05) is 19.1 Å². The molecule has 86 valence electrons. The summed E-state index contributed by atoms with van der Waals surface area (Å²) in [6, 6.07) is 4.12. The Kier molecular flexibility index (Phi) is 3.94. The lowest BCUT2D eigenvalue weighted by atomic mass is 10.1. The summed E-state index contributed by atoms with van der Waals surface area (Å²) in [5.74, 6) is 1.93. The summed E-state index contributed by atoms with van der Waals surface area (Å²) in [6.07, 6.45) is 0.915. The predicted octanol–water partition coefficient (Wildman–Crippen LogP) is 2.26. The third kappa shape index (κ3) is 4.06. The maximum absolute atomic E-state index is 9.57. The van der Waals surface area contributed by atoms with Crippen LogP contribution in [0.25, 0.3) is 0 Å². The van der Waals surface area contributed by atoms with Crippen molar-refractivity contribution in [3.8, 4) is 0 Å². The van der Waals surface area contributed by atoms with E-state index in [1.54, 1.807) is 13.8 Å². The summed E-state index contributed by atoms with van der Waals surface area (Å²) in [5, 5.41) is 12.8. The quantitative estimate of drug-likeness (QED) is 0.785. The second-order valence-electron chi connectivity index (χ2n) is 4.57. The first kappa shape index (κ1) is 12.3. The molecule has 1 atom stereocenters. The molecule has 0 saturated carbocycles. The SMILES string of the molecule is CCc1ccc(C(C)NCC(C)(C)O)o1. The van der Waals surface area contributed by atoms with Gasteiger partial charge >= 0.3 is 0 Å².